The third-order valence-electron chi connectivity index (χ3n) is 4.14. The normalized spacial score (nSPS) is 12.0. The van der Waals surface area contributed by atoms with Crippen LogP contribution in [0.1, 0.15) is 29.9 Å². The van der Waals surface area contributed by atoms with Gasteiger partial charge in [0.2, 0.25) is 5.89 Å². The highest BCUT2D eigenvalue weighted by Gasteiger charge is 2.14. The van der Waals surface area contributed by atoms with Crippen molar-refractivity contribution < 1.29 is 13.9 Å². The van der Waals surface area contributed by atoms with Crippen LogP contribution in [0.15, 0.2) is 58.2 Å². The van der Waals surface area contributed by atoms with E-state index in [9.17, 15) is 0 Å². The van der Waals surface area contributed by atoms with Gasteiger partial charge in [-0.1, -0.05) is 49.0 Å². The lowest BCUT2D eigenvalue weighted by atomic mass is 9.98. The van der Waals surface area contributed by atoms with Crippen molar-refractivity contribution in [3.63, 3.8) is 0 Å². The van der Waals surface area contributed by atoms with E-state index in [1.54, 1.807) is 14.2 Å². The molecule has 1 heterocycles. The second kappa shape index (κ2) is 8.76. The molecule has 0 spiro atoms. The molecule has 0 fully saturated rings. The largest absolute Gasteiger partial charge is 0.497 e. The van der Waals surface area contributed by atoms with Gasteiger partial charge in [-0.2, -0.15) is 0 Å². The molecule has 1 aromatic heterocycles. The van der Waals surface area contributed by atoms with E-state index in [0.29, 0.717) is 22.8 Å². The molecule has 0 saturated carbocycles. The molecule has 1 unspecified atom stereocenters. The van der Waals surface area contributed by atoms with Crippen LogP contribution in [0, 0.1) is 0 Å². The second-order valence-corrected chi connectivity index (χ2v) is 6.87. The van der Waals surface area contributed by atoms with Crippen LogP contribution in [0.25, 0.3) is 0 Å². The second-order valence-electron chi connectivity index (χ2n) is 5.94. The molecule has 3 rings (SSSR count). The molecule has 6 heteroatoms. The Morgan fingerprint density at radius 3 is 2.58 bits per heavy atom. The summed E-state index contributed by atoms with van der Waals surface area (Å²) >= 11 is 1.49. The monoisotopic (exact) mass is 370 g/mol. The Balaban J connectivity index is 1.62. The molecule has 0 aliphatic rings. The third-order valence-corrected chi connectivity index (χ3v) is 5.00. The molecule has 26 heavy (non-hydrogen) atoms. The summed E-state index contributed by atoms with van der Waals surface area (Å²) in [5, 5.41) is 8.89. The van der Waals surface area contributed by atoms with Crippen molar-refractivity contribution in [1.82, 2.24) is 10.2 Å². The Bertz CT molecular complexity index is 836. The number of hydrogen-bond donors (Lipinski definition) is 0. The van der Waals surface area contributed by atoms with Gasteiger partial charge in [0.15, 0.2) is 0 Å². The summed E-state index contributed by atoms with van der Waals surface area (Å²) in [5.41, 5.74) is 2.29. The minimum absolute atomic E-state index is 0.327. The van der Waals surface area contributed by atoms with Crippen molar-refractivity contribution in [2.45, 2.75) is 30.2 Å². The zero-order valence-corrected chi connectivity index (χ0v) is 16.0. The average molecular weight is 370 g/mol. The molecule has 0 aliphatic carbocycles. The van der Waals surface area contributed by atoms with E-state index in [2.05, 4.69) is 29.3 Å². The molecule has 2 aromatic carbocycles. The summed E-state index contributed by atoms with van der Waals surface area (Å²) in [6.07, 6.45) is 0.722. The van der Waals surface area contributed by atoms with E-state index in [-0.39, 0.29) is 0 Å². The van der Waals surface area contributed by atoms with Crippen LogP contribution in [-0.4, -0.2) is 24.4 Å². The summed E-state index contributed by atoms with van der Waals surface area (Å²) in [6, 6.07) is 16.1. The Labute approximate surface area is 157 Å². The van der Waals surface area contributed by atoms with Crippen LogP contribution in [-0.2, 0) is 12.2 Å². The fourth-order valence-electron chi connectivity index (χ4n) is 2.67. The lowest BCUT2D eigenvalue weighted by molar-refractivity contribution is 0.399. The van der Waals surface area contributed by atoms with E-state index in [0.717, 1.165) is 23.5 Å². The number of rotatable bonds is 8. The third kappa shape index (κ3) is 4.58. The first-order valence-corrected chi connectivity index (χ1v) is 9.39. The minimum Gasteiger partial charge on any atom is -0.497 e. The van der Waals surface area contributed by atoms with Crippen molar-refractivity contribution in [3.8, 4) is 11.5 Å². The topological polar surface area (TPSA) is 57.4 Å². The maximum absolute atomic E-state index is 5.80. The molecule has 0 N–H and O–H groups in total. The molecular formula is C20H22N2O3S. The first-order valence-electron chi connectivity index (χ1n) is 8.40. The van der Waals surface area contributed by atoms with Gasteiger partial charge < -0.3 is 13.9 Å². The zero-order chi connectivity index (χ0) is 18.4. The molecule has 0 amide bonds. The quantitative estimate of drug-likeness (QED) is 0.535. The first-order chi connectivity index (χ1) is 12.7. The van der Waals surface area contributed by atoms with Gasteiger partial charge in [-0.25, -0.2) is 0 Å². The number of nitrogens with zero attached hydrogens (tertiary/aromatic N) is 2. The Morgan fingerprint density at radius 2 is 1.85 bits per heavy atom. The summed E-state index contributed by atoms with van der Waals surface area (Å²) in [4.78, 5) is 0. The fraction of sp³-hybridized carbons (Fsp3) is 0.300. The van der Waals surface area contributed by atoms with Gasteiger partial charge in [0.1, 0.15) is 11.5 Å². The highest BCUT2D eigenvalue weighted by Crippen LogP contribution is 2.30. The molecule has 3 aromatic rings. The number of thioether (sulfide) groups is 1. The SMILES string of the molecule is COc1ccc(OC)c(CSc2nnc(CC(C)c3ccccc3)o2)c1. The summed E-state index contributed by atoms with van der Waals surface area (Å²) in [7, 11) is 3.31. The first kappa shape index (κ1) is 18.3. The Morgan fingerprint density at radius 1 is 1.04 bits per heavy atom. The van der Waals surface area contributed by atoms with Gasteiger partial charge in [-0.05, 0) is 29.7 Å². The van der Waals surface area contributed by atoms with Crippen molar-refractivity contribution in [2.24, 2.45) is 0 Å². The molecular weight excluding hydrogens is 348 g/mol. The fourth-order valence-corrected chi connectivity index (χ4v) is 3.43. The Hall–Kier alpha value is -2.47. The van der Waals surface area contributed by atoms with Gasteiger partial charge in [0, 0.05) is 17.7 Å². The van der Waals surface area contributed by atoms with Crippen LogP contribution in [0.2, 0.25) is 0 Å². The van der Waals surface area contributed by atoms with E-state index >= 15 is 0 Å². The van der Waals surface area contributed by atoms with Crippen molar-refractivity contribution in [2.75, 3.05) is 14.2 Å². The molecule has 0 aliphatic heterocycles. The number of ether oxygens (including phenoxy) is 2. The number of aromatic nitrogens is 2. The Kier molecular flexibility index (Phi) is 6.17. The molecule has 136 valence electrons. The van der Waals surface area contributed by atoms with Crippen LogP contribution < -0.4 is 9.47 Å². The van der Waals surface area contributed by atoms with Gasteiger partial charge in [-0.3, -0.25) is 0 Å². The number of hydrogen-bond acceptors (Lipinski definition) is 6. The zero-order valence-electron chi connectivity index (χ0n) is 15.1. The lowest BCUT2D eigenvalue weighted by Gasteiger charge is -2.09. The number of methoxy groups -OCH3 is 2. The van der Waals surface area contributed by atoms with Crippen molar-refractivity contribution in [1.29, 1.82) is 0 Å². The molecule has 0 bridgehead atoms. The maximum Gasteiger partial charge on any atom is 0.276 e. The predicted octanol–water partition coefficient (Wildman–Crippen LogP) is 4.73. The molecule has 0 radical (unpaired) electrons. The van der Waals surface area contributed by atoms with Gasteiger partial charge >= 0.3 is 0 Å². The summed E-state index contributed by atoms with van der Waals surface area (Å²) in [6.45, 7) is 2.16. The van der Waals surface area contributed by atoms with Crippen molar-refractivity contribution in [3.05, 3.63) is 65.5 Å². The van der Waals surface area contributed by atoms with Crippen LogP contribution in [0.5, 0.6) is 11.5 Å². The standard InChI is InChI=1S/C20H22N2O3S/c1-14(15-7-5-4-6-8-15)11-19-21-22-20(25-19)26-13-16-12-17(23-2)9-10-18(16)24-3/h4-10,12,14H,11,13H2,1-3H3. The minimum atomic E-state index is 0.327. The molecule has 5 nitrogen and oxygen atoms in total. The van der Waals surface area contributed by atoms with Crippen molar-refractivity contribution >= 4 is 11.8 Å². The van der Waals surface area contributed by atoms with Crippen LogP contribution >= 0.6 is 11.8 Å². The predicted molar refractivity (Wildman–Crippen MR) is 102 cm³/mol. The van der Waals surface area contributed by atoms with E-state index < -0.39 is 0 Å². The van der Waals surface area contributed by atoms with Crippen LogP contribution in [0.3, 0.4) is 0 Å². The smallest absolute Gasteiger partial charge is 0.276 e. The van der Waals surface area contributed by atoms with Gasteiger partial charge in [0.25, 0.3) is 5.22 Å². The van der Waals surface area contributed by atoms with Gasteiger partial charge in [-0.15, -0.1) is 10.2 Å². The maximum atomic E-state index is 5.80. The summed E-state index contributed by atoms with van der Waals surface area (Å²) in [5.74, 6) is 3.26. The summed E-state index contributed by atoms with van der Waals surface area (Å²) < 4.78 is 16.5. The van der Waals surface area contributed by atoms with E-state index in [1.807, 2.05) is 36.4 Å². The van der Waals surface area contributed by atoms with E-state index in [1.165, 1.54) is 17.3 Å². The highest BCUT2D eigenvalue weighted by molar-refractivity contribution is 7.98. The lowest BCUT2D eigenvalue weighted by Crippen LogP contribution is -1.98. The average Bonchev–Trinajstić information content (AvgIpc) is 3.14. The van der Waals surface area contributed by atoms with E-state index in [4.69, 9.17) is 13.9 Å². The highest BCUT2D eigenvalue weighted by atomic mass is 32.2. The van der Waals surface area contributed by atoms with Gasteiger partial charge in [0.05, 0.1) is 14.2 Å². The van der Waals surface area contributed by atoms with Crippen LogP contribution in [0.4, 0.5) is 0 Å². The molecule has 0 saturated heterocycles. The number of benzene rings is 2. The molecule has 1 atom stereocenters.